The quantitative estimate of drug-likeness (QED) is 0.869. The number of rotatable bonds is 5. The summed E-state index contributed by atoms with van der Waals surface area (Å²) in [5.41, 5.74) is 2.38. The lowest BCUT2D eigenvalue weighted by molar-refractivity contribution is -0.00912. The Kier molecular flexibility index (Phi) is 4.25. The van der Waals surface area contributed by atoms with Crippen LogP contribution in [-0.4, -0.2) is 25.4 Å². The molecule has 0 amide bonds. The van der Waals surface area contributed by atoms with E-state index in [4.69, 9.17) is 9.47 Å². The predicted octanol–water partition coefficient (Wildman–Crippen LogP) is 3.20. The van der Waals surface area contributed by atoms with Gasteiger partial charge in [-0.1, -0.05) is 18.2 Å². The molecule has 0 saturated carbocycles. The van der Waals surface area contributed by atoms with Gasteiger partial charge in [-0.3, -0.25) is 0 Å². The highest BCUT2D eigenvalue weighted by molar-refractivity contribution is 5.50. The molecular formula is C15H23NO2. The molecule has 1 unspecified atom stereocenters. The third-order valence-corrected chi connectivity index (χ3v) is 3.39. The molecule has 1 N–H and O–H groups in total. The fraction of sp³-hybridized carbons (Fsp3) is 0.600. The molecule has 1 heterocycles. The Hall–Kier alpha value is -1.06. The molecule has 1 atom stereocenters. The van der Waals surface area contributed by atoms with Crippen molar-refractivity contribution in [2.24, 2.45) is 0 Å². The van der Waals surface area contributed by atoms with Crippen LogP contribution in [0.25, 0.3) is 0 Å². The van der Waals surface area contributed by atoms with Crippen LogP contribution in [0.15, 0.2) is 24.3 Å². The molecule has 1 saturated heterocycles. The molecule has 1 aromatic rings. The van der Waals surface area contributed by atoms with Gasteiger partial charge in [0.25, 0.3) is 0 Å². The van der Waals surface area contributed by atoms with Crippen LogP contribution in [0.5, 0.6) is 0 Å². The van der Waals surface area contributed by atoms with Crippen LogP contribution in [0.2, 0.25) is 0 Å². The van der Waals surface area contributed by atoms with E-state index in [-0.39, 0.29) is 5.60 Å². The summed E-state index contributed by atoms with van der Waals surface area (Å²) in [5.74, 6) is 0. The second-order valence-electron chi connectivity index (χ2n) is 5.51. The summed E-state index contributed by atoms with van der Waals surface area (Å²) >= 11 is 0. The topological polar surface area (TPSA) is 30.5 Å². The van der Waals surface area contributed by atoms with Gasteiger partial charge in [0.2, 0.25) is 0 Å². The molecule has 0 radical (unpaired) electrons. The van der Waals surface area contributed by atoms with E-state index in [2.05, 4.69) is 31.3 Å². The monoisotopic (exact) mass is 249 g/mol. The van der Waals surface area contributed by atoms with Crippen molar-refractivity contribution in [3.63, 3.8) is 0 Å². The second-order valence-corrected chi connectivity index (χ2v) is 5.51. The Morgan fingerprint density at radius 3 is 2.83 bits per heavy atom. The molecule has 0 spiro atoms. The zero-order valence-electron chi connectivity index (χ0n) is 11.5. The summed E-state index contributed by atoms with van der Waals surface area (Å²) in [4.78, 5) is 0. The van der Waals surface area contributed by atoms with Crippen LogP contribution in [0.1, 0.15) is 32.3 Å². The minimum Gasteiger partial charge on any atom is -0.382 e. The Labute approximate surface area is 109 Å². The van der Waals surface area contributed by atoms with Crippen molar-refractivity contribution in [2.75, 3.05) is 19.0 Å². The fourth-order valence-electron chi connectivity index (χ4n) is 2.42. The lowest BCUT2D eigenvalue weighted by Crippen LogP contribution is -2.25. The Bertz CT molecular complexity index is 390. The maximum atomic E-state index is 5.98. The van der Waals surface area contributed by atoms with Crippen LogP contribution in [0, 0.1) is 0 Å². The molecule has 0 bridgehead atoms. The number of para-hydroxylation sites is 1. The van der Waals surface area contributed by atoms with Crippen molar-refractivity contribution in [1.29, 1.82) is 0 Å². The Balaban J connectivity index is 1.90. The molecule has 3 heteroatoms. The molecule has 1 aliphatic rings. The van der Waals surface area contributed by atoms with Gasteiger partial charge in [0, 0.05) is 24.9 Å². The first kappa shape index (κ1) is 13.4. The van der Waals surface area contributed by atoms with Crippen LogP contribution < -0.4 is 5.32 Å². The molecule has 1 aliphatic heterocycles. The van der Waals surface area contributed by atoms with Gasteiger partial charge >= 0.3 is 0 Å². The van der Waals surface area contributed by atoms with Gasteiger partial charge in [0.15, 0.2) is 0 Å². The smallest absolute Gasteiger partial charge is 0.0755 e. The first-order valence-corrected chi connectivity index (χ1v) is 6.59. The van der Waals surface area contributed by atoms with Crippen LogP contribution in [-0.2, 0) is 16.1 Å². The first-order chi connectivity index (χ1) is 8.61. The van der Waals surface area contributed by atoms with Crippen molar-refractivity contribution in [1.82, 2.24) is 0 Å². The SMILES string of the molecule is COCc1ccccc1NCC1CCC(C)(C)O1. The van der Waals surface area contributed by atoms with Crippen LogP contribution in [0.3, 0.4) is 0 Å². The number of anilines is 1. The van der Waals surface area contributed by atoms with Crippen LogP contribution in [0.4, 0.5) is 5.69 Å². The second kappa shape index (κ2) is 5.72. The van der Waals surface area contributed by atoms with Crippen molar-refractivity contribution in [3.05, 3.63) is 29.8 Å². The maximum absolute atomic E-state index is 5.98. The zero-order valence-corrected chi connectivity index (χ0v) is 11.5. The van der Waals surface area contributed by atoms with Crippen molar-refractivity contribution >= 4 is 5.69 Å². The molecular weight excluding hydrogens is 226 g/mol. The van der Waals surface area contributed by atoms with Gasteiger partial charge in [-0.25, -0.2) is 0 Å². The van der Waals surface area contributed by atoms with E-state index in [9.17, 15) is 0 Å². The van der Waals surface area contributed by atoms with E-state index in [1.54, 1.807) is 7.11 Å². The Morgan fingerprint density at radius 2 is 2.17 bits per heavy atom. The number of hydrogen-bond donors (Lipinski definition) is 1. The number of hydrogen-bond acceptors (Lipinski definition) is 3. The zero-order chi connectivity index (χ0) is 13.0. The molecule has 2 rings (SSSR count). The maximum Gasteiger partial charge on any atom is 0.0755 e. The van der Waals surface area contributed by atoms with Crippen molar-refractivity contribution < 1.29 is 9.47 Å². The number of ether oxygens (including phenoxy) is 2. The molecule has 1 fully saturated rings. The van der Waals surface area contributed by atoms with Crippen LogP contribution >= 0.6 is 0 Å². The average molecular weight is 249 g/mol. The van der Waals surface area contributed by atoms with E-state index < -0.39 is 0 Å². The van der Waals surface area contributed by atoms with Gasteiger partial charge in [-0.15, -0.1) is 0 Å². The largest absolute Gasteiger partial charge is 0.382 e. The summed E-state index contributed by atoms with van der Waals surface area (Å²) in [6.45, 7) is 5.82. The van der Waals surface area contributed by atoms with E-state index in [0.29, 0.717) is 12.7 Å². The molecule has 1 aromatic carbocycles. The third kappa shape index (κ3) is 3.47. The average Bonchev–Trinajstić information content (AvgIpc) is 2.68. The van der Waals surface area contributed by atoms with E-state index >= 15 is 0 Å². The lowest BCUT2D eigenvalue weighted by Gasteiger charge is -2.20. The fourth-order valence-corrected chi connectivity index (χ4v) is 2.42. The molecule has 100 valence electrons. The van der Waals surface area contributed by atoms with E-state index in [0.717, 1.165) is 25.1 Å². The van der Waals surface area contributed by atoms with Gasteiger partial charge in [0.05, 0.1) is 18.3 Å². The highest BCUT2D eigenvalue weighted by atomic mass is 16.5. The summed E-state index contributed by atoms with van der Waals surface area (Å²) in [6, 6.07) is 8.26. The van der Waals surface area contributed by atoms with Crippen molar-refractivity contribution in [2.45, 2.75) is 45.0 Å². The summed E-state index contributed by atoms with van der Waals surface area (Å²) in [5, 5.41) is 3.47. The van der Waals surface area contributed by atoms with Gasteiger partial charge < -0.3 is 14.8 Å². The molecule has 18 heavy (non-hydrogen) atoms. The van der Waals surface area contributed by atoms with Gasteiger partial charge in [0.1, 0.15) is 0 Å². The summed E-state index contributed by atoms with van der Waals surface area (Å²) < 4.78 is 11.2. The minimum absolute atomic E-state index is 0.0401. The Morgan fingerprint density at radius 1 is 1.39 bits per heavy atom. The standard InChI is InChI=1S/C15H23NO2/c1-15(2)9-8-13(18-15)10-16-14-7-5-4-6-12(14)11-17-3/h4-7,13,16H,8-11H2,1-3H3. The minimum atomic E-state index is 0.0401. The number of benzene rings is 1. The highest BCUT2D eigenvalue weighted by Gasteiger charge is 2.31. The first-order valence-electron chi connectivity index (χ1n) is 6.59. The van der Waals surface area contributed by atoms with Gasteiger partial charge in [-0.05, 0) is 32.8 Å². The number of methoxy groups -OCH3 is 1. The third-order valence-electron chi connectivity index (χ3n) is 3.39. The summed E-state index contributed by atoms with van der Waals surface area (Å²) in [7, 11) is 1.72. The molecule has 0 aliphatic carbocycles. The van der Waals surface area contributed by atoms with Gasteiger partial charge in [-0.2, -0.15) is 0 Å². The van der Waals surface area contributed by atoms with E-state index in [1.807, 2.05) is 12.1 Å². The predicted molar refractivity (Wildman–Crippen MR) is 73.8 cm³/mol. The normalized spacial score (nSPS) is 22.1. The van der Waals surface area contributed by atoms with E-state index in [1.165, 1.54) is 5.56 Å². The highest BCUT2D eigenvalue weighted by Crippen LogP contribution is 2.29. The number of nitrogens with one attached hydrogen (secondary N) is 1. The lowest BCUT2D eigenvalue weighted by atomic mass is 10.1. The molecule has 0 aromatic heterocycles. The summed E-state index contributed by atoms with van der Waals surface area (Å²) in [6.07, 6.45) is 2.58. The van der Waals surface area contributed by atoms with Crippen molar-refractivity contribution in [3.8, 4) is 0 Å². The molecule has 3 nitrogen and oxygen atoms in total.